The molecule has 1 N–H and O–H groups in total. The van der Waals surface area contributed by atoms with Crippen molar-refractivity contribution in [3.05, 3.63) is 130 Å². The minimum atomic E-state index is -4.14. The van der Waals surface area contributed by atoms with Gasteiger partial charge in [-0.05, 0) is 66.3 Å². The fourth-order valence-electron chi connectivity index (χ4n) is 6.22. The van der Waals surface area contributed by atoms with Crippen molar-refractivity contribution in [1.29, 1.82) is 0 Å². The lowest BCUT2D eigenvalue weighted by atomic mass is 9.94. The third-order valence-corrected chi connectivity index (χ3v) is 11.0. The van der Waals surface area contributed by atoms with Crippen LogP contribution in [0.3, 0.4) is 0 Å². The maximum atomic E-state index is 14.8. The van der Waals surface area contributed by atoms with Gasteiger partial charge in [-0.1, -0.05) is 121 Å². The van der Waals surface area contributed by atoms with Gasteiger partial charge in [-0.25, -0.2) is 8.42 Å². The molecular weight excluding hydrogens is 674 g/mol. The van der Waals surface area contributed by atoms with E-state index in [0.29, 0.717) is 12.1 Å². The number of carbonyl (C=O) groups is 2. The Morgan fingerprint density at radius 2 is 1.47 bits per heavy atom. The molecule has 7 nitrogen and oxygen atoms in total. The number of hydrogen-bond donors (Lipinski definition) is 1. The Morgan fingerprint density at radius 1 is 0.830 bits per heavy atom. The number of benzene rings is 4. The number of nitrogens with zero attached hydrogens (tertiary/aromatic N) is 2. The van der Waals surface area contributed by atoms with Crippen molar-refractivity contribution in [3.63, 3.8) is 0 Å². The Labute approximate surface area is 287 Å². The summed E-state index contributed by atoms with van der Waals surface area (Å²) in [7, 11) is -4.14. The minimum Gasteiger partial charge on any atom is -0.352 e. The van der Waals surface area contributed by atoms with Gasteiger partial charge >= 0.3 is 0 Å². The van der Waals surface area contributed by atoms with Crippen molar-refractivity contribution in [3.8, 4) is 0 Å². The molecule has 0 aromatic heterocycles. The first kappa shape index (κ1) is 34.4. The number of carbonyl (C=O) groups excluding carboxylic acids is 2. The first-order valence-corrected chi connectivity index (χ1v) is 18.5. The molecule has 1 atom stereocenters. The molecule has 0 heterocycles. The van der Waals surface area contributed by atoms with Gasteiger partial charge in [0, 0.05) is 23.5 Å². The number of hydrogen-bond acceptors (Lipinski definition) is 4. The van der Waals surface area contributed by atoms with Gasteiger partial charge in [0.1, 0.15) is 12.6 Å². The molecule has 0 aliphatic heterocycles. The predicted octanol–water partition coefficient (Wildman–Crippen LogP) is 7.30. The lowest BCUT2D eigenvalue weighted by Gasteiger charge is -2.35. The fraction of sp³-hybridized carbons (Fsp3) is 0.316. The Balaban J connectivity index is 1.58. The molecule has 0 radical (unpaired) electrons. The summed E-state index contributed by atoms with van der Waals surface area (Å²) in [5, 5.41) is 3.26. The highest BCUT2D eigenvalue weighted by Gasteiger charge is 2.36. The summed E-state index contributed by atoms with van der Waals surface area (Å²) in [6.07, 6.45) is 5.93. The third-order valence-electron chi connectivity index (χ3n) is 8.72. The van der Waals surface area contributed by atoms with Gasteiger partial charge in [-0.2, -0.15) is 0 Å². The van der Waals surface area contributed by atoms with Gasteiger partial charge in [0.25, 0.3) is 10.0 Å². The summed E-state index contributed by atoms with van der Waals surface area (Å²) < 4.78 is 30.6. The van der Waals surface area contributed by atoms with Crippen molar-refractivity contribution in [2.24, 2.45) is 0 Å². The molecule has 1 unspecified atom stereocenters. The molecule has 1 fully saturated rings. The van der Waals surface area contributed by atoms with Gasteiger partial charge in [0.2, 0.25) is 11.8 Å². The Hall–Kier alpha value is -3.95. The minimum absolute atomic E-state index is 0.0451. The van der Waals surface area contributed by atoms with Crippen LogP contribution in [-0.2, 0) is 39.0 Å². The molecule has 4 aromatic carbocycles. The number of para-hydroxylation sites is 1. The highest BCUT2D eigenvalue weighted by atomic mass is 79.9. The van der Waals surface area contributed by atoms with E-state index < -0.39 is 28.5 Å². The molecule has 5 rings (SSSR count). The quantitative estimate of drug-likeness (QED) is 0.158. The monoisotopic (exact) mass is 715 g/mol. The zero-order valence-corrected chi connectivity index (χ0v) is 29.1. The second-order valence-corrected chi connectivity index (χ2v) is 14.8. The summed E-state index contributed by atoms with van der Waals surface area (Å²) in [6.45, 7) is 1.62. The first-order chi connectivity index (χ1) is 22.8. The molecule has 4 aromatic rings. The van der Waals surface area contributed by atoms with E-state index in [0.717, 1.165) is 53.3 Å². The van der Waals surface area contributed by atoms with E-state index in [1.165, 1.54) is 16.4 Å². The van der Waals surface area contributed by atoms with E-state index in [1.807, 2.05) is 73.7 Å². The van der Waals surface area contributed by atoms with E-state index in [4.69, 9.17) is 0 Å². The van der Waals surface area contributed by atoms with Crippen LogP contribution in [0.1, 0.15) is 55.7 Å². The molecule has 0 spiro atoms. The summed E-state index contributed by atoms with van der Waals surface area (Å²) in [4.78, 5) is 30.7. The Bertz CT molecular complexity index is 1750. The molecule has 2 amide bonds. The Kier molecular flexibility index (Phi) is 11.9. The van der Waals surface area contributed by atoms with Crippen molar-refractivity contribution in [1.82, 2.24) is 10.2 Å². The first-order valence-electron chi connectivity index (χ1n) is 16.3. The fourth-order valence-corrected chi connectivity index (χ4v) is 8.14. The van der Waals surface area contributed by atoms with E-state index in [9.17, 15) is 18.0 Å². The van der Waals surface area contributed by atoms with Gasteiger partial charge < -0.3 is 10.2 Å². The van der Waals surface area contributed by atoms with Crippen LogP contribution in [0.2, 0.25) is 0 Å². The molecule has 246 valence electrons. The average molecular weight is 717 g/mol. The highest BCUT2D eigenvalue weighted by Crippen LogP contribution is 2.29. The summed E-state index contributed by atoms with van der Waals surface area (Å²) >= 11 is 3.54. The van der Waals surface area contributed by atoms with Crippen LogP contribution in [0.5, 0.6) is 0 Å². The summed E-state index contributed by atoms with van der Waals surface area (Å²) in [5.41, 5.74) is 2.98. The molecule has 1 aliphatic carbocycles. The zero-order chi connectivity index (χ0) is 33.2. The number of sulfonamides is 1. The van der Waals surface area contributed by atoms with Crippen molar-refractivity contribution in [2.75, 3.05) is 10.8 Å². The number of amides is 2. The molecule has 0 saturated heterocycles. The Morgan fingerprint density at radius 3 is 2.15 bits per heavy atom. The van der Waals surface area contributed by atoms with Crippen molar-refractivity contribution in [2.45, 2.75) is 75.4 Å². The highest BCUT2D eigenvalue weighted by molar-refractivity contribution is 9.10. The molecule has 9 heteroatoms. The van der Waals surface area contributed by atoms with E-state index >= 15 is 0 Å². The van der Waals surface area contributed by atoms with Gasteiger partial charge in [0.05, 0.1) is 10.6 Å². The summed E-state index contributed by atoms with van der Waals surface area (Å²) in [6, 6.07) is 31.9. The molecule has 1 saturated carbocycles. The number of halogens is 1. The van der Waals surface area contributed by atoms with Crippen molar-refractivity contribution >= 4 is 43.5 Å². The van der Waals surface area contributed by atoms with E-state index in [1.54, 1.807) is 35.2 Å². The van der Waals surface area contributed by atoms with Crippen LogP contribution >= 0.6 is 15.9 Å². The normalized spacial score (nSPS) is 14.3. The molecule has 0 bridgehead atoms. The van der Waals surface area contributed by atoms with Crippen LogP contribution in [0, 0.1) is 0 Å². The van der Waals surface area contributed by atoms with Crippen LogP contribution in [0.25, 0.3) is 0 Å². The largest absolute Gasteiger partial charge is 0.352 e. The smallest absolute Gasteiger partial charge is 0.264 e. The van der Waals surface area contributed by atoms with Crippen LogP contribution in [-0.4, -0.2) is 43.8 Å². The maximum absolute atomic E-state index is 14.8. The number of rotatable bonds is 13. The predicted molar refractivity (Wildman–Crippen MR) is 190 cm³/mol. The molecular formula is C38H42BrN3O4S. The molecule has 1 aliphatic rings. The third kappa shape index (κ3) is 8.90. The topological polar surface area (TPSA) is 86.8 Å². The maximum Gasteiger partial charge on any atom is 0.264 e. The van der Waals surface area contributed by atoms with Gasteiger partial charge in [-0.3, -0.25) is 13.9 Å². The second-order valence-electron chi connectivity index (χ2n) is 12.0. The van der Waals surface area contributed by atoms with Crippen molar-refractivity contribution < 1.29 is 18.0 Å². The average Bonchev–Trinajstić information content (AvgIpc) is 3.10. The van der Waals surface area contributed by atoms with E-state index in [2.05, 4.69) is 21.2 Å². The summed E-state index contributed by atoms with van der Waals surface area (Å²) in [5.74, 6) is -0.689. The van der Waals surface area contributed by atoms with Crippen LogP contribution in [0.15, 0.2) is 119 Å². The lowest BCUT2D eigenvalue weighted by molar-refractivity contribution is -0.140. The standard InChI is InChI=1S/C38H42BrN3O4S/c1-2-31-18-12-13-24-35(31)42(47(45,46)34-22-10-5-11-23-34)28-37(43)41(27-30-17-14-19-32(39)25-30)36(26-29-15-6-3-7-16-29)38(44)40-33-20-8-4-9-21-33/h3,5-7,10-19,22-25,33,36H,2,4,8-9,20-21,26-28H2,1H3,(H,40,44). The van der Waals surface area contributed by atoms with Gasteiger partial charge in [-0.15, -0.1) is 0 Å². The van der Waals surface area contributed by atoms with Crippen LogP contribution < -0.4 is 9.62 Å². The lowest BCUT2D eigenvalue weighted by Crippen LogP contribution is -2.55. The number of anilines is 1. The second kappa shape index (κ2) is 16.2. The SMILES string of the molecule is CCc1ccccc1N(CC(=O)N(Cc1cccc(Br)c1)C(Cc1ccccc1)C(=O)NC1CCCCC1)S(=O)(=O)c1ccccc1. The van der Waals surface area contributed by atoms with Crippen LogP contribution in [0.4, 0.5) is 5.69 Å². The number of aryl methyl sites for hydroxylation is 1. The van der Waals surface area contributed by atoms with Gasteiger partial charge in [0.15, 0.2) is 0 Å². The van der Waals surface area contributed by atoms with E-state index in [-0.39, 0.29) is 29.8 Å². The zero-order valence-electron chi connectivity index (χ0n) is 26.7. The number of nitrogens with one attached hydrogen (secondary N) is 1. The molecule has 47 heavy (non-hydrogen) atoms.